The lowest BCUT2D eigenvalue weighted by molar-refractivity contribution is -0.00528. The SMILES string of the molecule is Nc1nc2c(ncn2[C@@H]2C[C@H](CO)C2CO)c(=O)[nH]1. The minimum Gasteiger partial charge on any atom is -0.396 e. The van der Waals surface area contributed by atoms with Gasteiger partial charge in [-0.25, -0.2) is 4.98 Å². The molecule has 0 radical (unpaired) electrons. The Balaban J connectivity index is 2.05. The molecule has 2 aromatic rings. The maximum Gasteiger partial charge on any atom is 0.280 e. The third kappa shape index (κ3) is 1.71. The molecule has 8 nitrogen and oxygen atoms in total. The fraction of sp³-hybridized carbons (Fsp3) is 0.545. The van der Waals surface area contributed by atoms with E-state index in [1.165, 1.54) is 6.33 Å². The van der Waals surface area contributed by atoms with Crippen LogP contribution in [0.2, 0.25) is 0 Å². The van der Waals surface area contributed by atoms with Gasteiger partial charge >= 0.3 is 0 Å². The molecule has 0 aliphatic heterocycles. The van der Waals surface area contributed by atoms with Crippen LogP contribution >= 0.6 is 0 Å². The average Bonchev–Trinajstić information content (AvgIpc) is 2.73. The van der Waals surface area contributed by atoms with E-state index in [1.807, 2.05) is 0 Å². The van der Waals surface area contributed by atoms with Gasteiger partial charge in [-0.3, -0.25) is 9.78 Å². The summed E-state index contributed by atoms with van der Waals surface area (Å²) in [5.41, 5.74) is 5.81. The number of aromatic nitrogens is 4. The molecular weight excluding hydrogens is 250 g/mol. The highest BCUT2D eigenvalue weighted by molar-refractivity contribution is 5.70. The zero-order valence-corrected chi connectivity index (χ0v) is 10.2. The van der Waals surface area contributed by atoms with E-state index in [-0.39, 0.29) is 48.1 Å². The lowest BCUT2D eigenvalue weighted by Crippen LogP contribution is -2.42. The van der Waals surface area contributed by atoms with Crippen LogP contribution in [0, 0.1) is 11.8 Å². The molecule has 0 saturated heterocycles. The topological polar surface area (TPSA) is 130 Å². The van der Waals surface area contributed by atoms with Gasteiger partial charge in [-0.05, 0) is 12.3 Å². The number of nitrogens with two attached hydrogens (primary N) is 1. The van der Waals surface area contributed by atoms with E-state index in [2.05, 4.69) is 15.0 Å². The average molecular weight is 265 g/mol. The minimum absolute atomic E-state index is 0.0131. The Bertz CT molecular complexity index is 664. The fourth-order valence-electron chi connectivity index (χ4n) is 2.76. The number of aliphatic hydroxyl groups is 2. The molecule has 1 aliphatic rings. The summed E-state index contributed by atoms with van der Waals surface area (Å²) in [7, 11) is 0. The van der Waals surface area contributed by atoms with Crippen molar-refractivity contribution in [2.75, 3.05) is 18.9 Å². The summed E-state index contributed by atoms with van der Waals surface area (Å²) in [5, 5.41) is 18.6. The second-order valence-corrected chi connectivity index (χ2v) is 4.87. The Morgan fingerprint density at radius 2 is 2.26 bits per heavy atom. The van der Waals surface area contributed by atoms with Gasteiger partial charge in [0, 0.05) is 25.2 Å². The van der Waals surface area contributed by atoms with E-state index in [0.29, 0.717) is 5.65 Å². The summed E-state index contributed by atoms with van der Waals surface area (Å²) in [5.74, 6) is 0.0642. The number of imidazole rings is 1. The monoisotopic (exact) mass is 265 g/mol. The van der Waals surface area contributed by atoms with Gasteiger partial charge in [0.25, 0.3) is 5.56 Å². The highest BCUT2D eigenvalue weighted by atomic mass is 16.3. The van der Waals surface area contributed by atoms with Crippen LogP contribution in [0.5, 0.6) is 0 Å². The number of anilines is 1. The number of hydrogen-bond donors (Lipinski definition) is 4. The van der Waals surface area contributed by atoms with Crippen molar-refractivity contribution >= 4 is 17.1 Å². The number of H-pyrrole nitrogens is 1. The van der Waals surface area contributed by atoms with Crippen LogP contribution in [0.25, 0.3) is 11.2 Å². The molecule has 0 aromatic carbocycles. The predicted octanol–water partition coefficient (Wildman–Crippen LogP) is -1.14. The first-order valence-electron chi connectivity index (χ1n) is 6.09. The van der Waals surface area contributed by atoms with E-state index in [4.69, 9.17) is 5.73 Å². The molecule has 19 heavy (non-hydrogen) atoms. The Hall–Kier alpha value is -1.93. The molecule has 3 rings (SSSR count). The number of nitrogens with one attached hydrogen (secondary N) is 1. The Morgan fingerprint density at radius 3 is 2.95 bits per heavy atom. The van der Waals surface area contributed by atoms with E-state index < -0.39 is 0 Å². The molecule has 0 bridgehead atoms. The van der Waals surface area contributed by atoms with Crippen LogP contribution < -0.4 is 11.3 Å². The number of aromatic amines is 1. The maximum absolute atomic E-state index is 11.7. The van der Waals surface area contributed by atoms with Crippen molar-refractivity contribution in [1.82, 2.24) is 19.5 Å². The Labute approximate surface area is 107 Å². The molecule has 2 heterocycles. The highest BCUT2D eigenvalue weighted by Gasteiger charge is 2.41. The first kappa shape index (κ1) is 12.1. The summed E-state index contributed by atoms with van der Waals surface area (Å²) < 4.78 is 1.76. The molecular formula is C11H15N5O3. The number of hydrogen-bond acceptors (Lipinski definition) is 6. The highest BCUT2D eigenvalue weighted by Crippen LogP contribution is 2.44. The zero-order valence-electron chi connectivity index (χ0n) is 10.2. The van der Waals surface area contributed by atoms with Gasteiger partial charge in [0.15, 0.2) is 11.2 Å². The first-order chi connectivity index (χ1) is 9.15. The molecule has 1 aliphatic carbocycles. The molecule has 5 N–H and O–H groups in total. The van der Waals surface area contributed by atoms with E-state index >= 15 is 0 Å². The molecule has 1 unspecified atom stereocenters. The van der Waals surface area contributed by atoms with Crippen LogP contribution in [-0.2, 0) is 0 Å². The zero-order chi connectivity index (χ0) is 13.6. The van der Waals surface area contributed by atoms with Crippen molar-refractivity contribution in [1.29, 1.82) is 0 Å². The van der Waals surface area contributed by atoms with Gasteiger partial charge in [0.2, 0.25) is 5.95 Å². The van der Waals surface area contributed by atoms with Crippen LogP contribution in [0.15, 0.2) is 11.1 Å². The summed E-state index contributed by atoms with van der Waals surface area (Å²) in [6.45, 7) is 0.0265. The normalized spacial score (nSPS) is 26.5. The predicted molar refractivity (Wildman–Crippen MR) is 67.4 cm³/mol. The quantitative estimate of drug-likeness (QED) is 0.555. The van der Waals surface area contributed by atoms with E-state index in [0.717, 1.165) is 6.42 Å². The van der Waals surface area contributed by atoms with Gasteiger partial charge in [-0.15, -0.1) is 0 Å². The van der Waals surface area contributed by atoms with Crippen LogP contribution in [0.3, 0.4) is 0 Å². The van der Waals surface area contributed by atoms with Crippen molar-refractivity contribution in [2.24, 2.45) is 11.8 Å². The summed E-state index contributed by atoms with van der Waals surface area (Å²) in [6, 6.07) is -0.0131. The smallest absolute Gasteiger partial charge is 0.280 e. The van der Waals surface area contributed by atoms with Gasteiger partial charge < -0.3 is 20.5 Å². The van der Waals surface area contributed by atoms with Gasteiger partial charge in [-0.2, -0.15) is 4.98 Å². The largest absolute Gasteiger partial charge is 0.396 e. The van der Waals surface area contributed by atoms with Crippen molar-refractivity contribution in [3.05, 3.63) is 16.7 Å². The number of fused-ring (bicyclic) bond motifs is 1. The number of nitrogens with zero attached hydrogens (tertiary/aromatic N) is 3. The summed E-state index contributed by atoms with van der Waals surface area (Å²) in [6.07, 6.45) is 2.26. The van der Waals surface area contributed by atoms with E-state index in [9.17, 15) is 15.0 Å². The van der Waals surface area contributed by atoms with Gasteiger partial charge in [-0.1, -0.05) is 0 Å². The number of rotatable bonds is 3. The lowest BCUT2D eigenvalue weighted by Gasteiger charge is -2.43. The van der Waals surface area contributed by atoms with Crippen molar-refractivity contribution in [2.45, 2.75) is 12.5 Å². The van der Waals surface area contributed by atoms with Gasteiger partial charge in [0.05, 0.1) is 6.33 Å². The minimum atomic E-state index is -0.375. The summed E-state index contributed by atoms with van der Waals surface area (Å²) >= 11 is 0. The third-order valence-electron chi connectivity index (χ3n) is 3.90. The fourth-order valence-corrected chi connectivity index (χ4v) is 2.76. The molecule has 0 spiro atoms. The second kappa shape index (κ2) is 4.32. The van der Waals surface area contributed by atoms with E-state index in [1.54, 1.807) is 4.57 Å². The van der Waals surface area contributed by atoms with Crippen LogP contribution in [-0.4, -0.2) is 42.9 Å². The first-order valence-corrected chi connectivity index (χ1v) is 6.09. The van der Waals surface area contributed by atoms with Crippen LogP contribution in [0.4, 0.5) is 5.95 Å². The number of aliphatic hydroxyl groups excluding tert-OH is 2. The van der Waals surface area contributed by atoms with Crippen LogP contribution in [0.1, 0.15) is 12.5 Å². The Morgan fingerprint density at radius 1 is 1.47 bits per heavy atom. The Kier molecular flexibility index (Phi) is 2.76. The standard InChI is InChI=1S/C11H15N5O3/c12-11-14-9-8(10(19)15-11)13-4-16(9)7-1-5(2-17)6(7)3-18/h4-7,17-18H,1-3H2,(H3,12,14,15,19)/t5-,6?,7-/m1/s1. The molecule has 2 aromatic heterocycles. The maximum atomic E-state index is 11.7. The molecule has 102 valence electrons. The van der Waals surface area contributed by atoms with Gasteiger partial charge in [0.1, 0.15) is 0 Å². The van der Waals surface area contributed by atoms with Crippen molar-refractivity contribution in [3.63, 3.8) is 0 Å². The lowest BCUT2D eigenvalue weighted by atomic mass is 9.70. The van der Waals surface area contributed by atoms with Crippen molar-refractivity contribution < 1.29 is 10.2 Å². The molecule has 0 amide bonds. The van der Waals surface area contributed by atoms with Crippen molar-refractivity contribution in [3.8, 4) is 0 Å². The second-order valence-electron chi connectivity index (χ2n) is 4.87. The molecule has 1 saturated carbocycles. The molecule has 1 fully saturated rings. The molecule has 3 atom stereocenters. The molecule has 8 heteroatoms. The number of nitrogen functional groups attached to an aromatic ring is 1. The third-order valence-corrected chi connectivity index (χ3v) is 3.90. The summed E-state index contributed by atoms with van der Waals surface area (Å²) in [4.78, 5) is 22.2.